The van der Waals surface area contributed by atoms with Gasteiger partial charge >= 0.3 is 0 Å². The molecular weight excluding hydrogens is 251 g/mol. The number of ether oxygens (including phenoxy) is 1. The molecule has 1 amide bonds. The predicted molar refractivity (Wildman–Crippen MR) is 67.5 cm³/mol. The fourth-order valence-electron chi connectivity index (χ4n) is 1.55. The number of nitrogens with two attached hydrogens (primary N) is 1. The molecule has 19 heavy (non-hydrogen) atoms. The van der Waals surface area contributed by atoms with Crippen LogP contribution in [-0.4, -0.2) is 13.0 Å². The first kappa shape index (κ1) is 13.1. The molecule has 0 aliphatic rings. The molecule has 100 valence electrons. The van der Waals surface area contributed by atoms with Gasteiger partial charge in [0.1, 0.15) is 5.76 Å². The van der Waals surface area contributed by atoms with Gasteiger partial charge in [0.05, 0.1) is 13.7 Å². The zero-order chi connectivity index (χ0) is 13.8. The molecular formula is C13H13FN2O3. The number of carbonyl (C=O) groups is 1. The van der Waals surface area contributed by atoms with Gasteiger partial charge in [-0.15, -0.1) is 0 Å². The van der Waals surface area contributed by atoms with E-state index in [1.807, 2.05) is 0 Å². The highest BCUT2D eigenvalue weighted by molar-refractivity contribution is 6.02. The minimum atomic E-state index is -0.553. The number of furan rings is 1. The average molecular weight is 264 g/mol. The summed E-state index contributed by atoms with van der Waals surface area (Å²) in [6, 6.07) is 7.26. The largest absolute Gasteiger partial charge is 0.494 e. The van der Waals surface area contributed by atoms with Crippen molar-refractivity contribution in [2.24, 2.45) is 5.73 Å². The van der Waals surface area contributed by atoms with Crippen molar-refractivity contribution in [1.82, 2.24) is 0 Å². The van der Waals surface area contributed by atoms with E-state index in [4.69, 9.17) is 14.9 Å². The van der Waals surface area contributed by atoms with Crippen LogP contribution >= 0.6 is 0 Å². The van der Waals surface area contributed by atoms with E-state index < -0.39 is 11.7 Å². The number of hydrogen-bond donors (Lipinski definition) is 2. The van der Waals surface area contributed by atoms with Gasteiger partial charge < -0.3 is 20.2 Å². The van der Waals surface area contributed by atoms with Gasteiger partial charge in [0, 0.05) is 11.8 Å². The molecule has 2 aromatic rings. The van der Waals surface area contributed by atoms with Crippen LogP contribution < -0.4 is 15.8 Å². The van der Waals surface area contributed by atoms with E-state index in [0.29, 0.717) is 11.4 Å². The number of rotatable bonds is 4. The molecule has 0 saturated heterocycles. The van der Waals surface area contributed by atoms with Crippen molar-refractivity contribution in [3.05, 3.63) is 47.7 Å². The molecule has 0 unspecified atom stereocenters. The molecule has 0 aliphatic carbocycles. The highest BCUT2D eigenvalue weighted by Crippen LogP contribution is 2.21. The van der Waals surface area contributed by atoms with Crippen molar-refractivity contribution in [3.8, 4) is 5.75 Å². The van der Waals surface area contributed by atoms with Crippen molar-refractivity contribution in [2.45, 2.75) is 6.54 Å². The third kappa shape index (κ3) is 2.92. The number of amides is 1. The van der Waals surface area contributed by atoms with Gasteiger partial charge in [-0.2, -0.15) is 0 Å². The number of halogens is 1. The van der Waals surface area contributed by atoms with Gasteiger partial charge in [-0.3, -0.25) is 4.79 Å². The summed E-state index contributed by atoms with van der Waals surface area (Å²) >= 11 is 0. The Labute approximate surface area is 109 Å². The summed E-state index contributed by atoms with van der Waals surface area (Å²) in [7, 11) is 1.37. The second kappa shape index (κ2) is 5.53. The van der Waals surface area contributed by atoms with Crippen molar-refractivity contribution < 1.29 is 18.3 Å². The lowest BCUT2D eigenvalue weighted by Crippen LogP contribution is -2.11. The van der Waals surface area contributed by atoms with Crippen LogP contribution in [0.25, 0.3) is 0 Å². The summed E-state index contributed by atoms with van der Waals surface area (Å²) in [6.07, 6.45) is 0. The molecule has 0 aliphatic heterocycles. The number of hydrogen-bond acceptors (Lipinski definition) is 4. The summed E-state index contributed by atoms with van der Waals surface area (Å²) in [5, 5.41) is 2.52. The molecule has 1 aromatic carbocycles. The monoisotopic (exact) mass is 264 g/mol. The first-order valence-electron chi connectivity index (χ1n) is 5.57. The quantitative estimate of drug-likeness (QED) is 0.886. The third-order valence-corrected chi connectivity index (χ3v) is 2.50. The van der Waals surface area contributed by atoms with Crippen molar-refractivity contribution >= 4 is 11.6 Å². The maximum absolute atomic E-state index is 13.4. The van der Waals surface area contributed by atoms with Crippen LogP contribution in [0.5, 0.6) is 5.75 Å². The second-order valence-corrected chi connectivity index (χ2v) is 3.77. The Hall–Kier alpha value is -2.34. The lowest BCUT2D eigenvalue weighted by Gasteiger charge is -2.06. The molecule has 6 heteroatoms. The fourth-order valence-corrected chi connectivity index (χ4v) is 1.55. The van der Waals surface area contributed by atoms with E-state index >= 15 is 0 Å². The number of carbonyl (C=O) groups excluding carboxylic acids is 1. The zero-order valence-corrected chi connectivity index (χ0v) is 10.3. The van der Waals surface area contributed by atoms with Gasteiger partial charge in [-0.1, -0.05) is 0 Å². The molecule has 1 heterocycles. The average Bonchev–Trinajstić information content (AvgIpc) is 2.88. The first-order chi connectivity index (χ1) is 9.13. The van der Waals surface area contributed by atoms with Crippen LogP contribution in [0, 0.1) is 5.82 Å². The Balaban J connectivity index is 2.12. The molecule has 0 fully saturated rings. The SMILES string of the molecule is COc1ccc(NC(=O)c2ccc(CN)o2)cc1F. The summed E-state index contributed by atoms with van der Waals surface area (Å²) < 4.78 is 23.4. The smallest absolute Gasteiger partial charge is 0.291 e. The maximum Gasteiger partial charge on any atom is 0.291 e. The molecule has 0 atom stereocenters. The molecule has 5 nitrogen and oxygen atoms in total. The fraction of sp³-hybridized carbons (Fsp3) is 0.154. The highest BCUT2D eigenvalue weighted by atomic mass is 19.1. The van der Waals surface area contributed by atoms with Gasteiger partial charge in [0.25, 0.3) is 5.91 Å². The van der Waals surface area contributed by atoms with Crippen LogP contribution in [0.3, 0.4) is 0 Å². The molecule has 0 radical (unpaired) electrons. The molecule has 2 rings (SSSR count). The normalized spacial score (nSPS) is 10.3. The predicted octanol–water partition coefficient (Wildman–Crippen LogP) is 2.14. The Bertz CT molecular complexity index is 595. The van der Waals surface area contributed by atoms with Crippen LogP contribution in [-0.2, 0) is 6.54 Å². The van der Waals surface area contributed by atoms with Gasteiger partial charge in [0.15, 0.2) is 17.3 Å². The minimum Gasteiger partial charge on any atom is -0.494 e. The van der Waals surface area contributed by atoms with E-state index in [-0.39, 0.29) is 18.1 Å². The van der Waals surface area contributed by atoms with E-state index in [9.17, 15) is 9.18 Å². The van der Waals surface area contributed by atoms with Crippen molar-refractivity contribution in [2.75, 3.05) is 12.4 Å². The van der Waals surface area contributed by atoms with Crippen molar-refractivity contribution in [3.63, 3.8) is 0 Å². The highest BCUT2D eigenvalue weighted by Gasteiger charge is 2.12. The molecule has 1 aromatic heterocycles. The van der Waals surface area contributed by atoms with Crippen molar-refractivity contribution in [1.29, 1.82) is 0 Å². The number of anilines is 1. The Morgan fingerprint density at radius 2 is 2.21 bits per heavy atom. The van der Waals surface area contributed by atoms with Crippen LogP contribution in [0.4, 0.5) is 10.1 Å². The molecule has 0 spiro atoms. The van der Waals surface area contributed by atoms with Gasteiger partial charge in [0.2, 0.25) is 0 Å². The number of methoxy groups -OCH3 is 1. The lowest BCUT2D eigenvalue weighted by molar-refractivity contribution is 0.0995. The second-order valence-electron chi connectivity index (χ2n) is 3.77. The maximum atomic E-state index is 13.4. The van der Waals surface area contributed by atoms with E-state index in [1.54, 1.807) is 6.07 Å². The van der Waals surface area contributed by atoms with Crippen LogP contribution in [0.15, 0.2) is 34.7 Å². The Kier molecular flexibility index (Phi) is 3.82. The van der Waals surface area contributed by atoms with Crippen LogP contribution in [0.2, 0.25) is 0 Å². The van der Waals surface area contributed by atoms with E-state index in [2.05, 4.69) is 5.32 Å². The van der Waals surface area contributed by atoms with Gasteiger partial charge in [-0.25, -0.2) is 4.39 Å². The van der Waals surface area contributed by atoms with E-state index in [1.165, 1.54) is 31.4 Å². The zero-order valence-electron chi connectivity index (χ0n) is 10.3. The standard InChI is InChI=1S/C13H13FN2O3/c1-18-11-4-2-8(6-10(11)14)16-13(17)12-5-3-9(7-15)19-12/h2-6H,7,15H2,1H3,(H,16,17). The van der Waals surface area contributed by atoms with E-state index in [0.717, 1.165) is 0 Å². The molecule has 0 bridgehead atoms. The lowest BCUT2D eigenvalue weighted by atomic mass is 10.3. The van der Waals surface area contributed by atoms with Crippen LogP contribution in [0.1, 0.15) is 16.3 Å². The topological polar surface area (TPSA) is 77.5 Å². The third-order valence-electron chi connectivity index (χ3n) is 2.50. The summed E-state index contributed by atoms with van der Waals surface area (Å²) in [6.45, 7) is 0.213. The Morgan fingerprint density at radius 1 is 1.42 bits per heavy atom. The summed E-state index contributed by atoms with van der Waals surface area (Å²) in [4.78, 5) is 11.8. The Morgan fingerprint density at radius 3 is 2.79 bits per heavy atom. The summed E-state index contributed by atoms with van der Waals surface area (Å²) in [5.41, 5.74) is 5.69. The number of nitrogens with one attached hydrogen (secondary N) is 1. The first-order valence-corrected chi connectivity index (χ1v) is 5.57. The summed E-state index contributed by atoms with van der Waals surface area (Å²) in [5.74, 6) is -0.282. The molecule has 3 N–H and O–H groups in total. The minimum absolute atomic E-state index is 0.112. The molecule has 0 saturated carbocycles. The number of benzene rings is 1. The van der Waals surface area contributed by atoms with Gasteiger partial charge in [-0.05, 0) is 24.3 Å².